The van der Waals surface area contributed by atoms with Crippen molar-refractivity contribution in [3.05, 3.63) is 57.8 Å². The zero-order valence-electron chi connectivity index (χ0n) is 16.6. The lowest BCUT2D eigenvalue weighted by Crippen LogP contribution is -2.36. The number of ether oxygens (including phenoxy) is 1. The summed E-state index contributed by atoms with van der Waals surface area (Å²) in [6.07, 6.45) is 3.25. The number of piperidine rings is 1. The van der Waals surface area contributed by atoms with Crippen LogP contribution in [0.4, 0.5) is 0 Å². The number of hydrogen-bond donors (Lipinski definition) is 0. The van der Waals surface area contributed by atoms with E-state index in [4.69, 9.17) is 16.3 Å². The van der Waals surface area contributed by atoms with E-state index in [0.717, 1.165) is 25.9 Å². The van der Waals surface area contributed by atoms with E-state index in [1.54, 1.807) is 30.3 Å². The first-order chi connectivity index (χ1) is 14.6. The van der Waals surface area contributed by atoms with Gasteiger partial charge in [-0.1, -0.05) is 35.5 Å². The third-order valence-electron chi connectivity index (χ3n) is 5.17. The molecule has 0 atom stereocenters. The number of likely N-dealkylation sites (tertiary alicyclic amines) is 1. The Morgan fingerprint density at radius 3 is 2.67 bits per heavy atom. The summed E-state index contributed by atoms with van der Waals surface area (Å²) in [5.41, 5.74) is 0.984. The van der Waals surface area contributed by atoms with Gasteiger partial charge in [-0.25, -0.2) is 4.98 Å². The third-order valence-corrected chi connectivity index (χ3v) is 6.39. The number of nitrogens with zero attached hydrogens (tertiary/aromatic N) is 3. The molecule has 2 aromatic carbocycles. The van der Waals surface area contributed by atoms with E-state index in [9.17, 15) is 9.59 Å². The zero-order chi connectivity index (χ0) is 21.1. The SMILES string of the molecule is COc1ccc(-n2c(SCC(=O)N3CCCCC3)nc3ccccc3c2=O)cc1Cl. The molecule has 2 heterocycles. The highest BCUT2D eigenvalue weighted by Crippen LogP contribution is 2.29. The van der Waals surface area contributed by atoms with Crippen LogP contribution in [0, 0.1) is 0 Å². The highest BCUT2D eigenvalue weighted by Gasteiger charge is 2.19. The standard InChI is InChI=1S/C22H22ClN3O3S/c1-29-19-10-9-15(13-17(19)23)26-21(28)16-7-3-4-8-18(16)24-22(26)30-14-20(27)25-11-5-2-6-12-25/h3-4,7-10,13H,2,5-6,11-12,14H2,1H3. The lowest BCUT2D eigenvalue weighted by Gasteiger charge is -2.26. The number of amides is 1. The van der Waals surface area contributed by atoms with E-state index in [2.05, 4.69) is 4.98 Å². The summed E-state index contributed by atoms with van der Waals surface area (Å²) < 4.78 is 6.74. The molecule has 1 aliphatic heterocycles. The van der Waals surface area contributed by atoms with Gasteiger partial charge in [0.2, 0.25) is 5.91 Å². The van der Waals surface area contributed by atoms with E-state index < -0.39 is 0 Å². The van der Waals surface area contributed by atoms with Crippen LogP contribution in [-0.2, 0) is 4.79 Å². The number of thioether (sulfide) groups is 1. The number of benzene rings is 2. The van der Waals surface area contributed by atoms with Gasteiger partial charge in [0.15, 0.2) is 5.16 Å². The van der Waals surface area contributed by atoms with Gasteiger partial charge in [-0.3, -0.25) is 14.2 Å². The summed E-state index contributed by atoms with van der Waals surface area (Å²) in [6.45, 7) is 1.59. The highest BCUT2D eigenvalue weighted by molar-refractivity contribution is 7.99. The minimum atomic E-state index is -0.199. The number of methoxy groups -OCH3 is 1. The van der Waals surface area contributed by atoms with Gasteiger partial charge in [-0.05, 0) is 49.6 Å². The molecule has 0 aliphatic carbocycles. The van der Waals surface area contributed by atoms with Crippen molar-refractivity contribution in [1.29, 1.82) is 0 Å². The number of halogens is 1. The Morgan fingerprint density at radius 2 is 1.93 bits per heavy atom. The van der Waals surface area contributed by atoms with Crippen molar-refractivity contribution in [1.82, 2.24) is 14.5 Å². The molecule has 6 nitrogen and oxygen atoms in total. The maximum atomic E-state index is 13.3. The lowest BCUT2D eigenvalue weighted by molar-refractivity contribution is -0.129. The maximum absolute atomic E-state index is 13.3. The first-order valence-electron chi connectivity index (χ1n) is 9.85. The second kappa shape index (κ2) is 9.10. The number of rotatable bonds is 5. The van der Waals surface area contributed by atoms with Crippen molar-refractivity contribution >= 4 is 40.2 Å². The van der Waals surface area contributed by atoms with E-state index in [1.165, 1.54) is 29.9 Å². The molecule has 30 heavy (non-hydrogen) atoms. The minimum Gasteiger partial charge on any atom is -0.495 e. The van der Waals surface area contributed by atoms with Crippen LogP contribution in [0.3, 0.4) is 0 Å². The largest absolute Gasteiger partial charge is 0.495 e. The number of aromatic nitrogens is 2. The molecule has 1 saturated heterocycles. The van der Waals surface area contributed by atoms with Crippen LogP contribution in [0.2, 0.25) is 5.02 Å². The van der Waals surface area contributed by atoms with Crippen LogP contribution < -0.4 is 10.3 Å². The maximum Gasteiger partial charge on any atom is 0.266 e. The summed E-state index contributed by atoms with van der Waals surface area (Å²) in [7, 11) is 1.54. The number of hydrogen-bond acceptors (Lipinski definition) is 5. The van der Waals surface area contributed by atoms with Gasteiger partial charge in [0.1, 0.15) is 5.75 Å². The fraction of sp³-hybridized carbons (Fsp3) is 0.318. The first-order valence-corrected chi connectivity index (χ1v) is 11.2. The van der Waals surface area contributed by atoms with E-state index in [-0.39, 0.29) is 17.2 Å². The Kier molecular flexibility index (Phi) is 6.29. The van der Waals surface area contributed by atoms with Crippen molar-refractivity contribution in [2.75, 3.05) is 26.0 Å². The zero-order valence-corrected chi connectivity index (χ0v) is 18.2. The molecule has 3 aromatic rings. The summed E-state index contributed by atoms with van der Waals surface area (Å²) in [5.74, 6) is 0.826. The molecule has 0 spiro atoms. The van der Waals surface area contributed by atoms with Crippen LogP contribution >= 0.6 is 23.4 Å². The Labute approximate surface area is 183 Å². The average molecular weight is 444 g/mol. The second-order valence-corrected chi connectivity index (χ2v) is 8.45. The summed E-state index contributed by atoms with van der Waals surface area (Å²) in [4.78, 5) is 32.5. The van der Waals surface area contributed by atoms with Crippen molar-refractivity contribution in [3.63, 3.8) is 0 Å². The number of carbonyl (C=O) groups excluding carboxylic acids is 1. The van der Waals surface area contributed by atoms with Gasteiger partial charge in [0.05, 0.1) is 34.5 Å². The lowest BCUT2D eigenvalue weighted by atomic mass is 10.1. The van der Waals surface area contributed by atoms with Crippen LogP contribution in [-0.4, -0.2) is 46.3 Å². The quantitative estimate of drug-likeness (QED) is 0.437. The minimum absolute atomic E-state index is 0.0708. The van der Waals surface area contributed by atoms with Gasteiger partial charge in [-0.15, -0.1) is 0 Å². The molecule has 1 aliphatic rings. The molecule has 0 saturated carbocycles. The molecule has 0 radical (unpaired) electrons. The van der Waals surface area contributed by atoms with E-state index in [1.807, 2.05) is 17.0 Å². The molecule has 156 valence electrons. The molecule has 8 heteroatoms. The Hall–Kier alpha value is -2.51. The third kappa shape index (κ3) is 4.18. The Balaban J connectivity index is 1.74. The van der Waals surface area contributed by atoms with Crippen LogP contribution in [0.25, 0.3) is 16.6 Å². The smallest absolute Gasteiger partial charge is 0.266 e. The number of fused-ring (bicyclic) bond motifs is 1. The molecule has 0 unspecified atom stereocenters. The average Bonchev–Trinajstić information content (AvgIpc) is 2.78. The normalized spacial score (nSPS) is 14.1. The molecule has 1 fully saturated rings. The predicted molar refractivity (Wildman–Crippen MR) is 120 cm³/mol. The molecule has 4 rings (SSSR count). The van der Waals surface area contributed by atoms with Gasteiger partial charge in [0, 0.05) is 13.1 Å². The molecule has 1 aromatic heterocycles. The fourth-order valence-electron chi connectivity index (χ4n) is 3.59. The van der Waals surface area contributed by atoms with Crippen molar-refractivity contribution in [2.24, 2.45) is 0 Å². The first kappa shape index (κ1) is 20.8. The molecule has 0 N–H and O–H groups in total. The Bertz CT molecular complexity index is 1140. The van der Waals surface area contributed by atoms with Gasteiger partial charge >= 0.3 is 0 Å². The second-order valence-electron chi connectivity index (χ2n) is 7.10. The van der Waals surface area contributed by atoms with Crippen LogP contribution in [0.1, 0.15) is 19.3 Å². The molecule has 0 bridgehead atoms. The van der Waals surface area contributed by atoms with E-state index >= 15 is 0 Å². The molecule has 1 amide bonds. The summed E-state index contributed by atoms with van der Waals surface area (Å²) in [5, 5.41) is 1.37. The molecular formula is C22H22ClN3O3S. The summed E-state index contributed by atoms with van der Waals surface area (Å²) >= 11 is 7.58. The van der Waals surface area contributed by atoms with E-state index in [0.29, 0.717) is 32.5 Å². The van der Waals surface area contributed by atoms with Crippen molar-refractivity contribution in [3.8, 4) is 11.4 Å². The van der Waals surface area contributed by atoms with Crippen molar-refractivity contribution in [2.45, 2.75) is 24.4 Å². The van der Waals surface area contributed by atoms with Gasteiger partial charge < -0.3 is 9.64 Å². The van der Waals surface area contributed by atoms with Crippen LogP contribution in [0.5, 0.6) is 5.75 Å². The predicted octanol–water partition coefficient (Wildman–Crippen LogP) is 4.15. The van der Waals surface area contributed by atoms with Crippen molar-refractivity contribution < 1.29 is 9.53 Å². The topological polar surface area (TPSA) is 64.4 Å². The highest BCUT2D eigenvalue weighted by atomic mass is 35.5. The Morgan fingerprint density at radius 1 is 1.17 bits per heavy atom. The molecular weight excluding hydrogens is 422 g/mol. The van der Waals surface area contributed by atoms with Crippen LogP contribution in [0.15, 0.2) is 52.4 Å². The van der Waals surface area contributed by atoms with Gasteiger partial charge in [0.25, 0.3) is 5.56 Å². The number of para-hydroxylation sites is 1. The summed E-state index contributed by atoms with van der Waals surface area (Å²) in [6, 6.07) is 12.4. The van der Waals surface area contributed by atoms with Gasteiger partial charge in [-0.2, -0.15) is 0 Å². The monoisotopic (exact) mass is 443 g/mol. The fourth-order valence-corrected chi connectivity index (χ4v) is 4.76. The number of carbonyl (C=O) groups is 1.